The lowest BCUT2D eigenvalue weighted by Crippen LogP contribution is -2.44. The molecule has 7 rings (SSSR count). The molecule has 7 nitrogen and oxygen atoms in total. The molecule has 5 atom stereocenters. The van der Waals surface area contributed by atoms with Crippen LogP contribution in [0, 0.1) is 31.6 Å². The topological polar surface area (TPSA) is 78.4 Å². The number of nitrogens with zero attached hydrogens (tertiary/aromatic N) is 3. The van der Waals surface area contributed by atoms with Crippen molar-refractivity contribution < 1.29 is 19.4 Å². The second-order valence-electron chi connectivity index (χ2n) is 12.0. The summed E-state index contributed by atoms with van der Waals surface area (Å²) in [7, 11) is 0. The van der Waals surface area contributed by atoms with Gasteiger partial charge in [0.25, 0.3) is 5.91 Å². The van der Waals surface area contributed by atoms with Crippen LogP contribution >= 0.6 is 11.3 Å². The van der Waals surface area contributed by atoms with Crippen LogP contribution in [0.3, 0.4) is 0 Å². The molecule has 1 N–H and O–H groups in total. The number of aromatic nitrogens is 1. The van der Waals surface area contributed by atoms with Crippen LogP contribution in [0.1, 0.15) is 52.7 Å². The predicted molar refractivity (Wildman–Crippen MR) is 156 cm³/mol. The first-order valence-corrected chi connectivity index (χ1v) is 15.5. The van der Waals surface area contributed by atoms with Gasteiger partial charge in [-0.1, -0.05) is 17.7 Å². The minimum absolute atomic E-state index is 0.0453. The third-order valence-corrected chi connectivity index (χ3v) is 10.2. The maximum Gasteiger partial charge on any atom is 0.253 e. The van der Waals surface area contributed by atoms with Crippen molar-refractivity contribution in [3.63, 3.8) is 0 Å². The normalized spacial score (nSPS) is 27.3. The summed E-state index contributed by atoms with van der Waals surface area (Å²) in [6.07, 6.45) is 4.10. The Bertz CT molecular complexity index is 1400. The van der Waals surface area contributed by atoms with Crippen LogP contribution < -0.4 is 9.64 Å². The second kappa shape index (κ2) is 10.5. The number of fused-ring (bicyclic) bond motifs is 2. The molecule has 3 aliphatic heterocycles. The number of likely N-dealkylation sites (tertiary alicyclic amines) is 1. The number of aliphatic hydroxyl groups excluding tert-OH is 1. The number of carbonyl (C=O) groups excluding carboxylic acids is 1. The second-order valence-corrected chi connectivity index (χ2v) is 12.9. The molecule has 0 spiro atoms. The van der Waals surface area contributed by atoms with Crippen LogP contribution in [0.2, 0.25) is 0 Å². The van der Waals surface area contributed by atoms with Crippen molar-refractivity contribution >= 4 is 22.4 Å². The number of carbonyl (C=O) groups is 1. The Morgan fingerprint density at radius 2 is 1.85 bits per heavy atom. The zero-order chi connectivity index (χ0) is 27.4. The summed E-state index contributed by atoms with van der Waals surface area (Å²) in [5, 5.41) is 13.0. The van der Waals surface area contributed by atoms with Gasteiger partial charge >= 0.3 is 0 Å². The number of piperidine rings is 1. The molecule has 4 heterocycles. The minimum atomic E-state index is -0.551. The van der Waals surface area contributed by atoms with Gasteiger partial charge in [0, 0.05) is 42.7 Å². The molecule has 8 heteroatoms. The summed E-state index contributed by atoms with van der Waals surface area (Å²) in [4.78, 5) is 22.3. The first-order chi connectivity index (χ1) is 19.4. The van der Waals surface area contributed by atoms with E-state index in [1.54, 1.807) is 11.3 Å². The van der Waals surface area contributed by atoms with Crippen molar-refractivity contribution in [1.29, 1.82) is 0 Å². The highest BCUT2D eigenvalue weighted by Crippen LogP contribution is 2.50. The van der Waals surface area contributed by atoms with Gasteiger partial charge in [0.1, 0.15) is 18.5 Å². The van der Waals surface area contributed by atoms with Gasteiger partial charge in [-0.3, -0.25) is 4.79 Å². The lowest BCUT2D eigenvalue weighted by atomic mass is 9.82. The maximum absolute atomic E-state index is 12.8. The van der Waals surface area contributed by atoms with Crippen molar-refractivity contribution in [2.24, 2.45) is 17.8 Å². The number of epoxide rings is 1. The lowest BCUT2D eigenvalue weighted by Gasteiger charge is -2.37. The number of thiazole rings is 1. The molecule has 40 heavy (non-hydrogen) atoms. The van der Waals surface area contributed by atoms with Gasteiger partial charge in [0.15, 0.2) is 11.4 Å². The molecule has 0 radical (unpaired) electrons. The molecule has 4 aliphatic rings. The van der Waals surface area contributed by atoms with Gasteiger partial charge in [-0.25, -0.2) is 4.98 Å². The fraction of sp³-hybridized carbons (Fsp3) is 0.500. The van der Waals surface area contributed by atoms with Gasteiger partial charge in [-0.2, -0.15) is 0 Å². The van der Waals surface area contributed by atoms with Crippen LogP contribution in [-0.2, 0) is 11.3 Å². The van der Waals surface area contributed by atoms with Crippen molar-refractivity contribution in [3.05, 3.63) is 64.0 Å². The molecule has 2 bridgehead atoms. The number of aliphatic hydroxyl groups is 1. The Kier molecular flexibility index (Phi) is 6.80. The zero-order valence-corrected chi connectivity index (χ0v) is 24.0. The third-order valence-electron chi connectivity index (χ3n) is 9.33. The fourth-order valence-corrected chi connectivity index (χ4v) is 7.95. The summed E-state index contributed by atoms with van der Waals surface area (Å²) in [6, 6.07) is 12.2. The molecule has 3 saturated heterocycles. The Hall–Kier alpha value is -2.94. The maximum atomic E-state index is 12.8. The van der Waals surface area contributed by atoms with Crippen molar-refractivity contribution in [3.8, 4) is 17.0 Å². The van der Waals surface area contributed by atoms with Gasteiger partial charge < -0.3 is 24.4 Å². The van der Waals surface area contributed by atoms with Gasteiger partial charge in [0.05, 0.1) is 5.69 Å². The number of rotatable bonds is 7. The van der Waals surface area contributed by atoms with Crippen LogP contribution in [0.5, 0.6) is 5.75 Å². The van der Waals surface area contributed by atoms with E-state index < -0.39 is 6.29 Å². The van der Waals surface area contributed by atoms with E-state index in [-0.39, 0.29) is 12.0 Å². The lowest BCUT2D eigenvalue weighted by molar-refractivity contribution is 0.0792. The average Bonchev–Trinajstić information content (AvgIpc) is 3.35. The van der Waals surface area contributed by atoms with Crippen LogP contribution in [-0.4, -0.2) is 59.5 Å². The molecule has 2 aromatic carbocycles. The van der Waals surface area contributed by atoms with Gasteiger partial charge in [-0.05, 0) is 92.7 Å². The molecule has 1 amide bonds. The number of aryl methyl sites for hydroxylation is 2. The highest BCUT2D eigenvalue weighted by atomic mass is 32.1. The first-order valence-electron chi connectivity index (χ1n) is 14.6. The molecular formula is C32H37N3O4S. The fourth-order valence-electron chi connectivity index (χ4n) is 7.11. The molecule has 1 aromatic heterocycles. The van der Waals surface area contributed by atoms with E-state index in [0.717, 1.165) is 77.8 Å². The Balaban J connectivity index is 1.05. The number of anilines is 1. The Morgan fingerprint density at radius 1 is 1.10 bits per heavy atom. The monoisotopic (exact) mass is 559 g/mol. The summed E-state index contributed by atoms with van der Waals surface area (Å²) in [5.41, 5.74) is 6.02. The summed E-state index contributed by atoms with van der Waals surface area (Å²) in [5.74, 6) is 2.55. The number of hydrogen-bond acceptors (Lipinski definition) is 7. The Morgan fingerprint density at radius 3 is 2.55 bits per heavy atom. The van der Waals surface area contributed by atoms with Gasteiger partial charge in [-0.15, -0.1) is 11.3 Å². The van der Waals surface area contributed by atoms with Crippen molar-refractivity contribution in [2.75, 3.05) is 31.1 Å². The number of ether oxygens (including phenoxy) is 2. The largest absolute Gasteiger partial charge is 0.488 e. The van der Waals surface area contributed by atoms with Crippen molar-refractivity contribution in [1.82, 2.24) is 9.88 Å². The third kappa shape index (κ3) is 4.91. The molecular weight excluding hydrogens is 522 g/mol. The molecule has 3 aromatic rings. The summed E-state index contributed by atoms with van der Waals surface area (Å²) in [6.45, 7) is 8.25. The van der Waals surface area contributed by atoms with Crippen molar-refractivity contribution in [2.45, 2.75) is 58.5 Å². The highest BCUT2D eigenvalue weighted by molar-refractivity contribution is 7.14. The Labute approximate surface area is 239 Å². The zero-order valence-electron chi connectivity index (χ0n) is 23.2. The van der Waals surface area contributed by atoms with E-state index in [1.165, 1.54) is 18.4 Å². The number of amides is 1. The summed E-state index contributed by atoms with van der Waals surface area (Å²) >= 11 is 1.70. The standard InChI is InChI=1S/C32H37N3O4S/c1-19-5-10-27(38-17-24-9-6-21(14-20(24)2)30(36)34-11-3-4-12-34)25(13-19)26-18-40-32(33-26)35-15-22-7-8-23(16-35)28(22)29-31(37)39-29/h5-6,9-10,13-14,18,22-23,28-29,31,37H,3-4,7-8,11-12,15-17H2,1-2H3/t22-,23+,28+,29?,31?. The van der Waals surface area contributed by atoms with E-state index >= 15 is 0 Å². The number of benzene rings is 2. The smallest absolute Gasteiger partial charge is 0.253 e. The van der Waals surface area contributed by atoms with E-state index in [0.29, 0.717) is 24.4 Å². The molecule has 1 saturated carbocycles. The van der Waals surface area contributed by atoms with Crippen LogP contribution in [0.4, 0.5) is 5.13 Å². The highest BCUT2D eigenvalue weighted by Gasteiger charge is 2.55. The predicted octanol–water partition coefficient (Wildman–Crippen LogP) is 5.42. The molecule has 210 valence electrons. The SMILES string of the molecule is Cc1ccc(OCc2ccc(C(=O)N3CCCC3)cc2C)c(-c2csc(N3C[C@H]4CC[C@@H](C3)[C@H]4C3OC3O)n2)c1. The first kappa shape index (κ1) is 26.0. The van der Waals surface area contributed by atoms with Crippen LogP contribution in [0.25, 0.3) is 11.3 Å². The van der Waals surface area contributed by atoms with E-state index in [9.17, 15) is 9.90 Å². The quantitative estimate of drug-likeness (QED) is 0.390. The van der Waals surface area contributed by atoms with E-state index in [2.05, 4.69) is 36.3 Å². The molecule has 2 unspecified atom stereocenters. The molecule has 4 fully saturated rings. The van der Waals surface area contributed by atoms with E-state index in [4.69, 9.17) is 14.5 Å². The summed E-state index contributed by atoms with van der Waals surface area (Å²) < 4.78 is 11.8. The molecule has 1 aliphatic carbocycles. The minimum Gasteiger partial charge on any atom is -0.488 e. The van der Waals surface area contributed by atoms with Crippen LogP contribution in [0.15, 0.2) is 41.8 Å². The number of hydrogen-bond donors (Lipinski definition) is 1. The average molecular weight is 560 g/mol. The van der Waals surface area contributed by atoms with E-state index in [1.807, 2.05) is 29.2 Å². The van der Waals surface area contributed by atoms with Gasteiger partial charge in [0.2, 0.25) is 0 Å².